The molecule has 0 radical (unpaired) electrons. The van der Waals surface area contributed by atoms with Crippen molar-refractivity contribution in [2.24, 2.45) is 4.99 Å². The van der Waals surface area contributed by atoms with Gasteiger partial charge in [-0.25, -0.2) is 13.8 Å². The molecule has 0 fully saturated rings. The van der Waals surface area contributed by atoms with Gasteiger partial charge in [-0.05, 0) is 31.2 Å². The third-order valence-electron chi connectivity index (χ3n) is 3.33. The van der Waals surface area contributed by atoms with E-state index < -0.39 is 5.82 Å². The van der Waals surface area contributed by atoms with Gasteiger partial charge in [0.05, 0.1) is 18.2 Å². The molecule has 0 aromatic heterocycles. The Balaban J connectivity index is 2.08. The molecule has 0 amide bonds. The molecule has 0 saturated heterocycles. The zero-order chi connectivity index (χ0) is 17.4. The van der Waals surface area contributed by atoms with Crippen LogP contribution in [0.1, 0.15) is 23.6 Å². The second kappa shape index (κ2) is 8.63. The summed E-state index contributed by atoms with van der Waals surface area (Å²) >= 11 is 0. The molecule has 0 aliphatic heterocycles. The predicted octanol–water partition coefficient (Wildman–Crippen LogP) is 3.09. The first-order chi connectivity index (χ1) is 11.6. The lowest BCUT2D eigenvalue weighted by Gasteiger charge is -2.12. The Hall–Kier alpha value is -2.94. The number of nitrogens with one attached hydrogen (secondary N) is 2. The fourth-order valence-electron chi connectivity index (χ4n) is 2.09. The minimum atomic E-state index is -0.414. The maximum absolute atomic E-state index is 13.8. The highest BCUT2D eigenvalue weighted by molar-refractivity contribution is 5.79. The molecule has 4 nitrogen and oxygen atoms in total. The molecular weight excluding hydrogens is 310 g/mol. The SMILES string of the molecule is CCNC(=NCc1cc(C#N)ccc1F)NCc1ccccc1F. The lowest BCUT2D eigenvalue weighted by atomic mass is 10.1. The average molecular weight is 328 g/mol. The highest BCUT2D eigenvalue weighted by atomic mass is 19.1. The van der Waals surface area contributed by atoms with Gasteiger partial charge in [0.25, 0.3) is 0 Å². The standard InChI is InChI=1S/C18H18F2N4/c1-2-22-18(23-11-14-5-3-4-6-16(14)19)24-12-15-9-13(10-21)7-8-17(15)20/h3-9H,2,11-12H2,1H3,(H2,22,23,24). The van der Waals surface area contributed by atoms with Crippen LogP contribution in [-0.4, -0.2) is 12.5 Å². The summed E-state index contributed by atoms with van der Waals surface area (Å²) in [7, 11) is 0. The Morgan fingerprint density at radius 2 is 1.83 bits per heavy atom. The van der Waals surface area contributed by atoms with E-state index in [9.17, 15) is 8.78 Å². The molecule has 2 N–H and O–H groups in total. The smallest absolute Gasteiger partial charge is 0.191 e. The van der Waals surface area contributed by atoms with Crippen LogP contribution in [0.2, 0.25) is 0 Å². The number of nitrogens with zero attached hydrogens (tertiary/aromatic N) is 2. The zero-order valence-corrected chi connectivity index (χ0v) is 13.3. The Labute approximate surface area is 139 Å². The van der Waals surface area contributed by atoms with Crippen molar-refractivity contribution in [2.75, 3.05) is 6.54 Å². The van der Waals surface area contributed by atoms with Crippen molar-refractivity contribution in [3.8, 4) is 6.07 Å². The summed E-state index contributed by atoms with van der Waals surface area (Å²) < 4.78 is 27.4. The summed E-state index contributed by atoms with van der Waals surface area (Å²) in [5.74, 6) is -0.265. The minimum Gasteiger partial charge on any atom is -0.357 e. The molecule has 0 aliphatic rings. The third kappa shape index (κ3) is 4.78. The zero-order valence-electron chi connectivity index (χ0n) is 13.3. The second-order valence-electron chi connectivity index (χ2n) is 5.06. The van der Waals surface area contributed by atoms with E-state index in [1.54, 1.807) is 18.2 Å². The number of nitriles is 1. The van der Waals surface area contributed by atoms with Crippen LogP contribution in [0.5, 0.6) is 0 Å². The summed E-state index contributed by atoms with van der Waals surface area (Å²) in [5.41, 5.74) is 1.23. The maximum atomic E-state index is 13.8. The summed E-state index contributed by atoms with van der Waals surface area (Å²) in [4.78, 5) is 4.29. The van der Waals surface area contributed by atoms with Crippen molar-refractivity contribution >= 4 is 5.96 Å². The predicted molar refractivity (Wildman–Crippen MR) is 89.2 cm³/mol. The first-order valence-corrected chi connectivity index (χ1v) is 7.58. The minimum absolute atomic E-state index is 0.0773. The van der Waals surface area contributed by atoms with Gasteiger partial charge in [0.1, 0.15) is 11.6 Å². The van der Waals surface area contributed by atoms with Crippen molar-refractivity contribution in [1.82, 2.24) is 10.6 Å². The number of hydrogen-bond acceptors (Lipinski definition) is 2. The molecule has 0 aliphatic carbocycles. The first kappa shape index (κ1) is 17.4. The molecule has 0 bridgehead atoms. The molecule has 0 saturated carbocycles. The molecule has 124 valence electrons. The lowest BCUT2D eigenvalue weighted by molar-refractivity contribution is 0.604. The van der Waals surface area contributed by atoms with Crippen LogP contribution in [0.15, 0.2) is 47.5 Å². The molecule has 2 rings (SSSR count). The van der Waals surface area contributed by atoms with Crippen molar-refractivity contribution in [1.29, 1.82) is 5.26 Å². The van der Waals surface area contributed by atoms with Gasteiger partial charge in [-0.2, -0.15) is 5.26 Å². The molecule has 6 heteroatoms. The molecule has 0 unspecified atom stereocenters. The third-order valence-corrected chi connectivity index (χ3v) is 3.33. The van der Waals surface area contributed by atoms with Crippen LogP contribution < -0.4 is 10.6 Å². The van der Waals surface area contributed by atoms with Gasteiger partial charge in [0.2, 0.25) is 0 Å². The highest BCUT2D eigenvalue weighted by Crippen LogP contribution is 2.11. The van der Waals surface area contributed by atoms with Crippen molar-refractivity contribution < 1.29 is 8.78 Å². The van der Waals surface area contributed by atoms with Crippen molar-refractivity contribution in [2.45, 2.75) is 20.0 Å². The van der Waals surface area contributed by atoms with Crippen LogP contribution in [0.4, 0.5) is 8.78 Å². The van der Waals surface area contributed by atoms with E-state index in [1.165, 1.54) is 24.3 Å². The molecular formula is C18H18F2N4. The summed E-state index contributed by atoms with van der Waals surface area (Å²) in [6, 6.07) is 12.6. The number of aliphatic imine (C=N–C) groups is 1. The normalized spacial score (nSPS) is 11.0. The summed E-state index contributed by atoms with van der Waals surface area (Å²) in [6.07, 6.45) is 0. The molecule has 0 spiro atoms. The number of benzene rings is 2. The Morgan fingerprint density at radius 3 is 2.54 bits per heavy atom. The van der Waals surface area contributed by atoms with Gasteiger partial charge in [0.15, 0.2) is 5.96 Å². The lowest BCUT2D eigenvalue weighted by Crippen LogP contribution is -2.37. The fraction of sp³-hybridized carbons (Fsp3) is 0.222. The van der Waals surface area contributed by atoms with Gasteiger partial charge < -0.3 is 10.6 Å². The second-order valence-corrected chi connectivity index (χ2v) is 5.06. The molecule has 0 heterocycles. The van der Waals surface area contributed by atoms with Crippen LogP contribution in [0.3, 0.4) is 0 Å². The maximum Gasteiger partial charge on any atom is 0.191 e. The molecule has 0 atom stereocenters. The van der Waals surface area contributed by atoms with Crippen LogP contribution >= 0.6 is 0 Å². The van der Waals surface area contributed by atoms with Gasteiger partial charge in [-0.3, -0.25) is 0 Å². The van der Waals surface area contributed by atoms with E-state index in [2.05, 4.69) is 15.6 Å². The quantitative estimate of drug-likeness (QED) is 0.655. The number of guanidine groups is 1. The Kier molecular flexibility index (Phi) is 6.26. The number of hydrogen-bond donors (Lipinski definition) is 2. The van der Waals surface area contributed by atoms with Crippen LogP contribution in [-0.2, 0) is 13.1 Å². The van der Waals surface area contributed by atoms with Crippen molar-refractivity contribution in [3.63, 3.8) is 0 Å². The fourth-order valence-corrected chi connectivity index (χ4v) is 2.09. The Morgan fingerprint density at radius 1 is 1.08 bits per heavy atom. The average Bonchev–Trinajstić information content (AvgIpc) is 2.60. The molecule has 2 aromatic carbocycles. The van der Waals surface area contributed by atoms with Gasteiger partial charge in [-0.15, -0.1) is 0 Å². The van der Waals surface area contributed by atoms with Crippen LogP contribution in [0.25, 0.3) is 0 Å². The number of halogens is 2. The number of rotatable bonds is 5. The van der Waals surface area contributed by atoms with E-state index in [0.717, 1.165) is 0 Å². The summed E-state index contributed by atoms with van der Waals surface area (Å²) in [5, 5.41) is 14.9. The topological polar surface area (TPSA) is 60.2 Å². The largest absolute Gasteiger partial charge is 0.357 e. The van der Waals surface area contributed by atoms with E-state index in [1.807, 2.05) is 13.0 Å². The van der Waals surface area contributed by atoms with Gasteiger partial charge in [-0.1, -0.05) is 18.2 Å². The van der Waals surface area contributed by atoms with E-state index in [-0.39, 0.29) is 18.9 Å². The monoisotopic (exact) mass is 328 g/mol. The summed E-state index contributed by atoms with van der Waals surface area (Å²) in [6.45, 7) is 2.86. The van der Waals surface area contributed by atoms with E-state index >= 15 is 0 Å². The first-order valence-electron chi connectivity index (χ1n) is 7.58. The van der Waals surface area contributed by atoms with Crippen molar-refractivity contribution in [3.05, 3.63) is 70.8 Å². The van der Waals surface area contributed by atoms with Gasteiger partial charge in [0, 0.05) is 24.2 Å². The Bertz CT molecular complexity index is 766. The molecule has 24 heavy (non-hydrogen) atoms. The van der Waals surface area contributed by atoms with E-state index in [4.69, 9.17) is 5.26 Å². The van der Waals surface area contributed by atoms with Crippen LogP contribution in [0, 0.1) is 23.0 Å². The van der Waals surface area contributed by atoms with E-state index in [0.29, 0.717) is 29.2 Å². The van der Waals surface area contributed by atoms with Gasteiger partial charge >= 0.3 is 0 Å². The molecule has 2 aromatic rings. The highest BCUT2D eigenvalue weighted by Gasteiger charge is 2.05.